The summed E-state index contributed by atoms with van der Waals surface area (Å²) in [7, 11) is 0. The van der Waals surface area contributed by atoms with Crippen LogP contribution in [-0.2, 0) is 4.79 Å². The molecule has 0 fully saturated rings. The minimum atomic E-state index is 0.302. The van der Waals surface area contributed by atoms with E-state index in [-0.39, 0.29) is 0 Å². The number of carbonyl (C=O) groups excluding carboxylic acids is 1. The first kappa shape index (κ1) is 9.72. The molecule has 0 aromatic heterocycles. The van der Waals surface area contributed by atoms with Crippen molar-refractivity contribution in [1.29, 1.82) is 0 Å². The van der Waals surface area contributed by atoms with Gasteiger partial charge in [-0.2, -0.15) is 0 Å². The first-order valence-corrected chi connectivity index (χ1v) is 4.48. The Kier molecular flexibility index (Phi) is 3.97. The van der Waals surface area contributed by atoms with E-state index in [0.717, 1.165) is 12.7 Å². The highest BCUT2D eigenvalue weighted by atomic mass is 16.1. The lowest BCUT2D eigenvalue weighted by atomic mass is 9.93. The lowest BCUT2D eigenvalue weighted by molar-refractivity contribution is -0.108. The van der Waals surface area contributed by atoms with Gasteiger partial charge in [-0.05, 0) is 17.9 Å². The van der Waals surface area contributed by atoms with Gasteiger partial charge in [0.05, 0.1) is 0 Å². The van der Waals surface area contributed by atoms with E-state index in [1.165, 1.54) is 5.56 Å². The van der Waals surface area contributed by atoms with E-state index in [4.69, 9.17) is 0 Å². The van der Waals surface area contributed by atoms with Gasteiger partial charge in [0, 0.05) is 6.42 Å². The number of allylic oxidation sites excluding steroid dienone is 1. The fourth-order valence-corrected chi connectivity index (χ4v) is 1.41. The Bertz CT molecular complexity index is 254. The highest BCUT2D eigenvalue weighted by Gasteiger charge is 2.07. The molecule has 0 saturated carbocycles. The van der Waals surface area contributed by atoms with Gasteiger partial charge < -0.3 is 4.79 Å². The highest BCUT2D eigenvalue weighted by Crippen LogP contribution is 2.22. The summed E-state index contributed by atoms with van der Waals surface area (Å²) >= 11 is 0. The van der Waals surface area contributed by atoms with E-state index in [2.05, 4.69) is 18.7 Å². The minimum absolute atomic E-state index is 0.302. The van der Waals surface area contributed by atoms with Gasteiger partial charge in [0.25, 0.3) is 0 Å². The predicted molar refractivity (Wildman–Crippen MR) is 54.7 cm³/mol. The molecule has 1 atom stereocenters. The topological polar surface area (TPSA) is 17.1 Å². The molecule has 1 heteroatoms. The van der Waals surface area contributed by atoms with Crippen LogP contribution in [0.15, 0.2) is 43.0 Å². The van der Waals surface area contributed by atoms with Crippen molar-refractivity contribution in [2.24, 2.45) is 0 Å². The van der Waals surface area contributed by atoms with Crippen LogP contribution < -0.4 is 0 Å². The quantitative estimate of drug-likeness (QED) is 0.495. The number of benzene rings is 1. The van der Waals surface area contributed by atoms with Gasteiger partial charge in [-0.1, -0.05) is 36.4 Å². The summed E-state index contributed by atoms with van der Waals surface area (Å²) in [5.74, 6) is 0.302. The first-order chi connectivity index (χ1) is 6.38. The molecule has 0 unspecified atom stereocenters. The maximum Gasteiger partial charge on any atom is 0.120 e. The van der Waals surface area contributed by atoms with Crippen LogP contribution in [0.4, 0.5) is 0 Å². The molecule has 1 aromatic rings. The van der Waals surface area contributed by atoms with Crippen molar-refractivity contribution in [2.45, 2.75) is 18.8 Å². The van der Waals surface area contributed by atoms with Crippen molar-refractivity contribution in [1.82, 2.24) is 0 Å². The van der Waals surface area contributed by atoms with Gasteiger partial charge in [-0.15, -0.1) is 6.58 Å². The molecule has 0 aliphatic rings. The number of hydrogen-bond donors (Lipinski definition) is 0. The molecule has 0 bridgehead atoms. The molecule has 1 rings (SSSR count). The third kappa shape index (κ3) is 2.86. The normalized spacial score (nSPS) is 12.0. The standard InChI is InChI=1S/C12H14O/c1-2-6-11(9-10-13)12-7-4-3-5-8-12/h2-5,7-8,10-11H,1,6,9H2/t11-/m1/s1. The Morgan fingerprint density at radius 1 is 1.23 bits per heavy atom. The smallest absolute Gasteiger partial charge is 0.120 e. The van der Waals surface area contributed by atoms with Crippen molar-refractivity contribution in [3.05, 3.63) is 48.6 Å². The molecule has 0 heterocycles. The van der Waals surface area contributed by atoms with Gasteiger partial charge in [-0.3, -0.25) is 0 Å². The predicted octanol–water partition coefficient (Wildman–Crippen LogP) is 2.94. The summed E-state index contributed by atoms with van der Waals surface area (Å²) < 4.78 is 0. The molecule has 0 radical (unpaired) electrons. The third-order valence-corrected chi connectivity index (χ3v) is 2.10. The summed E-state index contributed by atoms with van der Waals surface area (Å²) in [5, 5.41) is 0. The second kappa shape index (κ2) is 5.31. The molecule has 13 heavy (non-hydrogen) atoms. The number of hydrogen-bond acceptors (Lipinski definition) is 1. The fraction of sp³-hybridized carbons (Fsp3) is 0.250. The average Bonchev–Trinajstić information content (AvgIpc) is 2.19. The van der Waals surface area contributed by atoms with Crippen LogP contribution >= 0.6 is 0 Å². The maximum atomic E-state index is 10.4. The average molecular weight is 174 g/mol. The number of aldehydes is 1. The molecule has 0 amide bonds. The van der Waals surface area contributed by atoms with E-state index in [0.29, 0.717) is 12.3 Å². The molecule has 0 N–H and O–H groups in total. The lowest BCUT2D eigenvalue weighted by Crippen LogP contribution is -1.97. The zero-order chi connectivity index (χ0) is 9.52. The SMILES string of the molecule is C=CC[C@H](CC=O)c1ccccc1. The number of carbonyl (C=O) groups is 1. The van der Waals surface area contributed by atoms with E-state index in [1.54, 1.807) is 0 Å². The van der Waals surface area contributed by atoms with Gasteiger partial charge in [0.2, 0.25) is 0 Å². The van der Waals surface area contributed by atoms with E-state index >= 15 is 0 Å². The summed E-state index contributed by atoms with van der Waals surface area (Å²) in [5.41, 5.74) is 1.22. The molecule has 0 saturated heterocycles. The largest absolute Gasteiger partial charge is 0.303 e. The van der Waals surface area contributed by atoms with Crippen molar-refractivity contribution in [3.63, 3.8) is 0 Å². The lowest BCUT2D eigenvalue weighted by Gasteiger charge is -2.11. The Labute approximate surface area is 79.1 Å². The van der Waals surface area contributed by atoms with Crippen LogP contribution in [-0.4, -0.2) is 6.29 Å². The third-order valence-electron chi connectivity index (χ3n) is 2.10. The zero-order valence-corrected chi connectivity index (χ0v) is 7.65. The molecular weight excluding hydrogens is 160 g/mol. The fourth-order valence-electron chi connectivity index (χ4n) is 1.41. The summed E-state index contributed by atoms with van der Waals surface area (Å²) in [4.78, 5) is 10.4. The molecule has 1 nitrogen and oxygen atoms in total. The Hall–Kier alpha value is -1.37. The van der Waals surface area contributed by atoms with Crippen LogP contribution in [0.3, 0.4) is 0 Å². The Morgan fingerprint density at radius 2 is 1.92 bits per heavy atom. The summed E-state index contributed by atoms with van der Waals surface area (Å²) in [6.07, 6.45) is 4.28. The highest BCUT2D eigenvalue weighted by molar-refractivity contribution is 5.51. The monoisotopic (exact) mass is 174 g/mol. The van der Waals surface area contributed by atoms with Crippen molar-refractivity contribution in [2.75, 3.05) is 0 Å². The molecule has 0 spiro atoms. The second-order valence-electron chi connectivity index (χ2n) is 3.03. The summed E-state index contributed by atoms with van der Waals surface area (Å²) in [6.45, 7) is 3.69. The second-order valence-corrected chi connectivity index (χ2v) is 3.03. The van der Waals surface area contributed by atoms with Crippen LogP contribution in [0, 0.1) is 0 Å². The van der Waals surface area contributed by atoms with Gasteiger partial charge in [-0.25, -0.2) is 0 Å². The molecule has 1 aromatic carbocycles. The number of rotatable bonds is 5. The van der Waals surface area contributed by atoms with Gasteiger partial charge in [0.15, 0.2) is 0 Å². The van der Waals surface area contributed by atoms with Crippen LogP contribution in [0.25, 0.3) is 0 Å². The molecule has 68 valence electrons. The Balaban J connectivity index is 2.75. The zero-order valence-electron chi connectivity index (χ0n) is 7.65. The van der Waals surface area contributed by atoms with E-state index < -0.39 is 0 Å². The van der Waals surface area contributed by atoms with Gasteiger partial charge in [0.1, 0.15) is 6.29 Å². The van der Waals surface area contributed by atoms with E-state index in [9.17, 15) is 4.79 Å². The van der Waals surface area contributed by atoms with Crippen LogP contribution in [0.2, 0.25) is 0 Å². The van der Waals surface area contributed by atoms with Crippen molar-refractivity contribution < 1.29 is 4.79 Å². The maximum absolute atomic E-state index is 10.4. The summed E-state index contributed by atoms with van der Waals surface area (Å²) in [6, 6.07) is 10.1. The minimum Gasteiger partial charge on any atom is -0.303 e. The van der Waals surface area contributed by atoms with Crippen molar-refractivity contribution in [3.8, 4) is 0 Å². The van der Waals surface area contributed by atoms with Crippen LogP contribution in [0.5, 0.6) is 0 Å². The van der Waals surface area contributed by atoms with Gasteiger partial charge >= 0.3 is 0 Å². The van der Waals surface area contributed by atoms with Crippen LogP contribution in [0.1, 0.15) is 24.3 Å². The molecular formula is C12H14O. The molecule has 0 aliphatic heterocycles. The Morgan fingerprint density at radius 3 is 2.46 bits per heavy atom. The molecule has 0 aliphatic carbocycles. The van der Waals surface area contributed by atoms with E-state index in [1.807, 2.05) is 24.3 Å². The first-order valence-electron chi connectivity index (χ1n) is 4.48. The van der Waals surface area contributed by atoms with Crippen molar-refractivity contribution >= 4 is 6.29 Å².